The highest BCUT2D eigenvalue weighted by Gasteiger charge is 2.36. The molecular formula is C61H40N2. The van der Waals surface area contributed by atoms with Gasteiger partial charge in [-0.25, -0.2) is 0 Å². The Balaban J connectivity index is 0.914. The summed E-state index contributed by atoms with van der Waals surface area (Å²) in [6.07, 6.45) is 4.79. The molecule has 0 fully saturated rings. The molecule has 0 amide bonds. The molecule has 0 N–H and O–H groups in total. The van der Waals surface area contributed by atoms with Crippen molar-refractivity contribution >= 4 is 71.2 Å². The van der Waals surface area contributed by atoms with Gasteiger partial charge >= 0.3 is 0 Å². The summed E-state index contributed by atoms with van der Waals surface area (Å²) in [5.74, 6) is 0.830. The Hall–Kier alpha value is -7.94. The van der Waals surface area contributed by atoms with E-state index < -0.39 is 0 Å². The van der Waals surface area contributed by atoms with Gasteiger partial charge in [0.15, 0.2) is 0 Å². The van der Waals surface area contributed by atoms with E-state index in [1.807, 2.05) is 0 Å². The second kappa shape index (κ2) is 13.0. The van der Waals surface area contributed by atoms with Crippen LogP contribution in [0.2, 0.25) is 0 Å². The third kappa shape index (κ3) is 4.89. The number of aromatic nitrogens is 2. The zero-order valence-electron chi connectivity index (χ0n) is 34.8. The van der Waals surface area contributed by atoms with Crippen LogP contribution in [0.4, 0.5) is 0 Å². The number of fused-ring (bicyclic) bond motifs is 12. The van der Waals surface area contributed by atoms with E-state index in [1.54, 1.807) is 0 Å². The summed E-state index contributed by atoms with van der Waals surface area (Å²) in [7, 11) is 0. The molecule has 10 aromatic carbocycles. The van der Waals surface area contributed by atoms with Crippen LogP contribution in [-0.4, -0.2) is 9.13 Å². The highest BCUT2D eigenvalue weighted by atomic mass is 15.0. The molecule has 294 valence electrons. The molecule has 0 aliphatic heterocycles. The zero-order chi connectivity index (χ0) is 41.3. The zero-order valence-corrected chi connectivity index (χ0v) is 34.8. The number of allylic oxidation sites excluding steroid dienone is 1. The van der Waals surface area contributed by atoms with Crippen LogP contribution in [0.15, 0.2) is 206 Å². The van der Waals surface area contributed by atoms with Crippen molar-refractivity contribution in [2.75, 3.05) is 0 Å². The summed E-state index contributed by atoms with van der Waals surface area (Å²) in [5.41, 5.74) is 19.3. The first kappa shape index (κ1) is 34.7. The molecule has 14 rings (SSSR count). The summed E-state index contributed by atoms with van der Waals surface area (Å²) in [5, 5.41) is 10.2. The van der Waals surface area contributed by atoms with Gasteiger partial charge in [0.25, 0.3) is 0 Å². The van der Waals surface area contributed by atoms with Gasteiger partial charge in [-0.2, -0.15) is 0 Å². The van der Waals surface area contributed by atoms with Gasteiger partial charge < -0.3 is 9.13 Å². The lowest BCUT2D eigenvalue weighted by molar-refractivity contribution is 0.631. The van der Waals surface area contributed by atoms with E-state index in [0.29, 0.717) is 11.8 Å². The molecular weight excluding hydrogens is 761 g/mol. The van der Waals surface area contributed by atoms with Crippen LogP contribution in [0.3, 0.4) is 0 Å². The Bertz CT molecular complexity index is 3930. The predicted octanol–water partition coefficient (Wildman–Crippen LogP) is 16.3. The van der Waals surface area contributed by atoms with Crippen molar-refractivity contribution < 1.29 is 0 Å². The largest absolute Gasteiger partial charge is 0.309 e. The average molecular weight is 801 g/mol. The van der Waals surface area contributed by atoms with Crippen LogP contribution in [0.25, 0.3) is 116 Å². The fraction of sp³-hybridized carbons (Fsp3) is 0.0492. The molecule has 0 saturated carbocycles. The third-order valence-corrected chi connectivity index (χ3v) is 14.4. The monoisotopic (exact) mass is 800 g/mol. The SMILES string of the molecule is CC1C=Cc2c3c(cc4ccccc24)-c2cc(-c4ccc(-n5c6ccccc6c6cc(-c7ccc8c(c7)c7ccccc7n8-c7ccccc7)ccc65)c5ccccc45)ccc2C31. The second-order valence-corrected chi connectivity index (χ2v) is 17.7. The molecule has 12 aromatic rings. The van der Waals surface area contributed by atoms with Gasteiger partial charge in [0.2, 0.25) is 0 Å². The lowest BCUT2D eigenvalue weighted by Crippen LogP contribution is -2.11. The minimum absolute atomic E-state index is 0.382. The summed E-state index contributed by atoms with van der Waals surface area (Å²) in [6.45, 7) is 2.37. The van der Waals surface area contributed by atoms with Crippen molar-refractivity contribution in [1.82, 2.24) is 9.13 Å². The molecule has 0 saturated heterocycles. The van der Waals surface area contributed by atoms with E-state index in [1.165, 1.54) is 127 Å². The fourth-order valence-electron chi connectivity index (χ4n) is 11.6. The maximum Gasteiger partial charge on any atom is 0.0541 e. The molecule has 2 aliphatic rings. The van der Waals surface area contributed by atoms with Crippen molar-refractivity contribution in [3.8, 4) is 44.8 Å². The average Bonchev–Trinajstić information content (AvgIpc) is 3.98. The van der Waals surface area contributed by atoms with Gasteiger partial charge in [-0.3, -0.25) is 0 Å². The number of benzene rings is 10. The van der Waals surface area contributed by atoms with Crippen LogP contribution in [0.5, 0.6) is 0 Å². The number of rotatable bonds is 4. The first-order valence-corrected chi connectivity index (χ1v) is 22.2. The highest BCUT2D eigenvalue weighted by molar-refractivity contribution is 6.14. The third-order valence-electron chi connectivity index (χ3n) is 14.4. The Morgan fingerprint density at radius 1 is 0.381 bits per heavy atom. The van der Waals surface area contributed by atoms with E-state index >= 15 is 0 Å². The molecule has 0 radical (unpaired) electrons. The number of para-hydroxylation sites is 3. The fourth-order valence-corrected chi connectivity index (χ4v) is 11.6. The molecule has 2 aliphatic carbocycles. The van der Waals surface area contributed by atoms with Crippen LogP contribution in [0, 0.1) is 5.92 Å². The van der Waals surface area contributed by atoms with Gasteiger partial charge in [-0.1, -0.05) is 153 Å². The second-order valence-electron chi connectivity index (χ2n) is 17.7. The van der Waals surface area contributed by atoms with E-state index in [0.717, 1.165) is 0 Å². The quantitative estimate of drug-likeness (QED) is 0.168. The number of nitrogens with zero attached hydrogens (tertiary/aromatic N) is 2. The molecule has 2 heterocycles. The molecule has 2 unspecified atom stereocenters. The summed E-state index contributed by atoms with van der Waals surface area (Å²) in [4.78, 5) is 0. The first-order valence-electron chi connectivity index (χ1n) is 22.2. The lowest BCUT2D eigenvalue weighted by Gasteiger charge is -2.25. The van der Waals surface area contributed by atoms with Crippen LogP contribution in [-0.2, 0) is 0 Å². The Labute approximate surface area is 365 Å². The Morgan fingerprint density at radius 3 is 1.71 bits per heavy atom. The van der Waals surface area contributed by atoms with Crippen LogP contribution < -0.4 is 0 Å². The topological polar surface area (TPSA) is 9.86 Å². The van der Waals surface area contributed by atoms with Crippen LogP contribution in [0.1, 0.15) is 29.5 Å². The molecule has 2 heteroatoms. The molecule has 63 heavy (non-hydrogen) atoms. The minimum Gasteiger partial charge on any atom is -0.309 e. The summed E-state index contributed by atoms with van der Waals surface area (Å²) >= 11 is 0. The Morgan fingerprint density at radius 2 is 0.968 bits per heavy atom. The number of hydrogen-bond acceptors (Lipinski definition) is 0. The van der Waals surface area contributed by atoms with Gasteiger partial charge in [-0.15, -0.1) is 0 Å². The molecule has 2 nitrogen and oxygen atoms in total. The van der Waals surface area contributed by atoms with Crippen molar-refractivity contribution in [1.29, 1.82) is 0 Å². The molecule has 0 spiro atoms. The lowest BCUT2D eigenvalue weighted by atomic mass is 9.78. The summed E-state index contributed by atoms with van der Waals surface area (Å²) in [6, 6.07) is 74.7. The highest BCUT2D eigenvalue weighted by Crippen LogP contribution is 2.55. The van der Waals surface area contributed by atoms with Gasteiger partial charge in [0.1, 0.15) is 0 Å². The van der Waals surface area contributed by atoms with Crippen molar-refractivity contribution in [3.63, 3.8) is 0 Å². The molecule has 2 atom stereocenters. The number of hydrogen-bond donors (Lipinski definition) is 0. The molecule has 0 bridgehead atoms. The normalized spacial score (nSPS) is 15.3. The molecule has 2 aromatic heterocycles. The van der Waals surface area contributed by atoms with E-state index in [4.69, 9.17) is 0 Å². The van der Waals surface area contributed by atoms with E-state index in [-0.39, 0.29) is 0 Å². The van der Waals surface area contributed by atoms with Gasteiger partial charge in [-0.05, 0) is 139 Å². The van der Waals surface area contributed by atoms with Crippen LogP contribution >= 0.6 is 0 Å². The predicted molar refractivity (Wildman–Crippen MR) is 266 cm³/mol. The maximum absolute atomic E-state index is 2.48. The maximum atomic E-state index is 2.48. The van der Waals surface area contributed by atoms with E-state index in [9.17, 15) is 0 Å². The smallest absolute Gasteiger partial charge is 0.0541 e. The minimum atomic E-state index is 0.382. The van der Waals surface area contributed by atoms with Crippen molar-refractivity contribution in [2.45, 2.75) is 12.8 Å². The first-order chi connectivity index (χ1) is 31.2. The van der Waals surface area contributed by atoms with E-state index in [2.05, 4.69) is 228 Å². The van der Waals surface area contributed by atoms with Crippen molar-refractivity contribution in [2.24, 2.45) is 5.92 Å². The Kier molecular flexibility index (Phi) is 7.19. The van der Waals surface area contributed by atoms with Gasteiger partial charge in [0.05, 0.1) is 27.8 Å². The standard InChI is InChI=1S/C61H40N2/c1-37-23-27-49-43-16-6-5-13-40(43)36-54-51-35-41(24-28-50(51)60(37)61(49)54)44-29-32-57(46-18-8-7-17-45(44)46)63-56-22-12-10-20-48(56)53-34-39(26-31-59(53)63)38-25-30-58-52(33-38)47-19-9-11-21-55(47)62(58)42-14-3-2-4-15-42/h2-37,60H,1H3. The van der Waals surface area contributed by atoms with Crippen molar-refractivity contribution in [3.05, 3.63) is 223 Å². The van der Waals surface area contributed by atoms with Gasteiger partial charge in [0, 0.05) is 38.5 Å². The summed E-state index contributed by atoms with van der Waals surface area (Å²) < 4.78 is 4.87.